The van der Waals surface area contributed by atoms with Crippen LogP contribution in [-0.2, 0) is 26.2 Å². The highest BCUT2D eigenvalue weighted by molar-refractivity contribution is 5.27. The summed E-state index contributed by atoms with van der Waals surface area (Å²) in [5, 5.41) is 18.0. The number of aliphatic hydroxyl groups excluding tert-OH is 1. The van der Waals surface area contributed by atoms with Gasteiger partial charge in [-0.1, -0.05) is 42.5 Å². The van der Waals surface area contributed by atoms with Crippen LogP contribution in [0, 0.1) is 0 Å². The summed E-state index contributed by atoms with van der Waals surface area (Å²) in [7, 11) is 2.01. The summed E-state index contributed by atoms with van der Waals surface area (Å²) in [5.74, 6) is 0.771. The number of nitrogens with zero attached hydrogens (tertiary/aromatic N) is 3. The lowest BCUT2D eigenvalue weighted by molar-refractivity contribution is 0.0744. The molecule has 30 heavy (non-hydrogen) atoms. The van der Waals surface area contributed by atoms with Gasteiger partial charge in [0.05, 0.1) is 6.20 Å². The van der Waals surface area contributed by atoms with Crippen LogP contribution in [0.4, 0.5) is 0 Å². The minimum Gasteiger partial charge on any atom is -0.491 e. The van der Waals surface area contributed by atoms with Gasteiger partial charge in [0.1, 0.15) is 18.5 Å². The first-order valence-corrected chi connectivity index (χ1v) is 10.5. The Morgan fingerprint density at radius 3 is 2.47 bits per heavy atom. The second kappa shape index (κ2) is 11.5. The lowest BCUT2D eigenvalue weighted by atomic mass is 10.2. The van der Waals surface area contributed by atoms with Gasteiger partial charge in [-0.25, -0.2) is 0 Å². The van der Waals surface area contributed by atoms with E-state index in [0.717, 1.165) is 31.9 Å². The summed E-state index contributed by atoms with van der Waals surface area (Å²) in [5.41, 5.74) is 3.60. The fourth-order valence-electron chi connectivity index (χ4n) is 3.29. The number of hydrogen-bond acceptors (Lipinski definition) is 5. The Morgan fingerprint density at radius 2 is 1.77 bits per heavy atom. The van der Waals surface area contributed by atoms with Crippen molar-refractivity contribution in [3.8, 4) is 5.75 Å². The molecule has 0 bridgehead atoms. The van der Waals surface area contributed by atoms with E-state index >= 15 is 0 Å². The Hall–Kier alpha value is -2.67. The average Bonchev–Trinajstić information content (AvgIpc) is 3.22. The summed E-state index contributed by atoms with van der Waals surface area (Å²) >= 11 is 0. The van der Waals surface area contributed by atoms with Crippen molar-refractivity contribution in [3.63, 3.8) is 0 Å². The Kier molecular flexibility index (Phi) is 8.44. The average molecular weight is 409 g/mol. The van der Waals surface area contributed by atoms with E-state index in [0.29, 0.717) is 6.54 Å². The van der Waals surface area contributed by atoms with Crippen LogP contribution >= 0.6 is 0 Å². The standard InChI is InChI=1S/C24H32N4O2/c1-3-28-17-22(15-26-28)14-25-13-20-9-11-24(12-10-20)30-19-23(29)18-27(2)16-21-7-5-4-6-8-21/h4-12,15,17,23,25,29H,3,13-14,16,18-19H2,1-2H3/t23-/m0/s1. The molecule has 160 valence electrons. The Morgan fingerprint density at radius 1 is 1.03 bits per heavy atom. The van der Waals surface area contributed by atoms with Crippen LogP contribution in [0.3, 0.4) is 0 Å². The van der Waals surface area contributed by atoms with Gasteiger partial charge in [0, 0.05) is 44.5 Å². The van der Waals surface area contributed by atoms with Crippen LogP contribution in [0.5, 0.6) is 5.75 Å². The molecule has 2 aromatic carbocycles. The molecular weight excluding hydrogens is 376 g/mol. The number of aromatic nitrogens is 2. The van der Waals surface area contributed by atoms with Crippen molar-refractivity contribution < 1.29 is 9.84 Å². The van der Waals surface area contributed by atoms with Crippen molar-refractivity contribution in [3.05, 3.63) is 83.7 Å². The molecule has 1 aromatic heterocycles. The molecule has 1 atom stereocenters. The largest absolute Gasteiger partial charge is 0.491 e. The van der Waals surface area contributed by atoms with Gasteiger partial charge in [-0.2, -0.15) is 5.10 Å². The number of nitrogens with one attached hydrogen (secondary N) is 1. The minimum absolute atomic E-state index is 0.276. The van der Waals surface area contributed by atoms with E-state index in [1.807, 2.05) is 60.4 Å². The maximum Gasteiger partial charge on any atom is 0.119 e. The van der Waals surface area contributed by atoms with Gasteiger partial charge in [-0.3, -0.25) is 9.58 Å². The molecule has 0 radical (unpaired) electrons. The summed E-state index contributed by atoms with van der Waals surface area (Å²) < 4.78 is 7.68. The first-order valence-electron chi connectivity index (χ1n) is 10.5. The topological polar surface area (TPSA) is 62.6 Å². The number of rotatable bonds is 12. The van der Waals surface area contributed by atoms with Crippen LogP contribution in [0.1, 0.15) is 23.6 Å². The smallest absolute Gasteiger partial charge is 0.119 e. The normalized spacial score (nSPS) is 12.3. The summed E-state index contributed by atoms with van der Waals surface area (Å²) in [6, 6.07) is 18.2. The highest BCUT2D eigenvalue weighted by Crippen LogP contribution is 2.13. The molecule has 6 nitrogen and oxygen atoms in total. The second-order valence-corrected chi connectivity index (χ2v) is 7.60. The fraction of sp³-hybridized carbons (Fsp3) is 0.375. The van der Waals surface area contributed by atoms with Crippen molar-refractivity contribution in [2.45, 2.75) is 39.2 Å². The van der Waals surface area contributed by atoms with E-state index in [1.165, 1.54) is 16.7 Å². The minimum atomic E-state index is -0.538. The third-order valence-corrected chi connectivity index (χ3v) is 4.85. The van der Waals surface area contributed by atoms with Crippen molar-refractivity contribution in [2.24, 2.45) is 0 Å². The maximum atomic E-state index is 10.3. The van der Waals surface area contributed by atoms with Gasteiger partial charge in [-0.15, -0.1) is 0 Å². The molecule has 0 saturated carbocycles. The quantitative estimate of drug-likeness (QED) is 0.482. The molecule has 1 heterocycles. The third kappa shape index (κ3) is 7.30. The van der Waals surface area contributed by atoms with Crippen LogP contribution in [0.15, 0.2) is 67.0 Å². The molecule has 3 aromatic rings. The lowest BCUT2D eigenvalue weighted by Crippen LogP contribution is -2.32. The van der Waals surface area contributed by atoms with Crippen molar-refractivity contribution >= 4 is 0 Å². The molecule has 0 amide bonds. The van der Waals surface area contributed by atoms with E-state index in [-0.39, 0.29) is 6.61 Å². The van der Waals surface area contributed by atoms with Crippen molar-refractivity contribution in [2.75, 3.05) is 20.2 Å². The molecule has 0 aliphatic rings. The van der Waals surface area contributed by atoms with E-state index in [9.17, 15) is 5.11 Å². The van der Waals surface area contributed by atoms with Crippen molar-refractivity contribution in [1.29, 1.82) is 0 Å². The molecule has 3 rings (SSSR count). The number of aryl methyl sites for hydroxylation is 1. The molecular formula is C24H32N4O2. The van der Waals surface area contributed by atoms with Crippen molar-refractivity contribution in [1.82, 2.24) is 20.0 Å². The molecule has 0 unspecified atom stereocenters. The molecule has 0 spiro atoms. The molecule has 0 saturated heterocycles. The van der Waals surface area contributed by atoms with Gasteiger partial charge in [0.15, 0.2) is 0 Å². The Bertz CT molecular complexity index is 864. The number of hydrogen-bond donors (Lipinski definition) is 2. The fourth-order valence-corrected chi connectivity index (χ4v) is 3.29. The highest BCUT2D eigenvalue weighted by atomic mass is 16.5. The van der Waals surface area contributed by atoms with Crippen LogP contribution < -0.4 is 10.1 Å². The van der Waals surface area contributed by atoms with Crippen LogP contribution in [0.25, 0.3) is 0 Å². The summed E-state index contributed by atoms with van der Waals surface area (Å²) in [4.78, 5) is 2.10. The van der Waals surface area contributed by atoms with E-state index < -0.39 is 6.10 Å². The first kappa shape index (κ1) is 22.0. The zero-order valence-electron chi connectivity index (χ0n) is 17.9. The number of aliphatic hydroxyl groups is 1. The number of benzene rings is 2. The predicted octanol–water partition coefficient (Wildman–Crippen LogP) is 3.06. The monoisotopic (exact) mass is 408 g/mol. The van der Waals surface area contributed by atoms with Gasteiger partial charge < -0.3 is 15.2 Å². The zero-order valence-corrected chi connectivity index (χ0v) is 17.9. The van der Waals surface area contributed by atoms with Gasteiger partial charge in [0.25, 0.3) is 0 Å². The zero-order chi connectivity index (χ0) is 21.2. The number of likely N-dealkylation sites (N-methyl/N-ethyl adjacent to an activating group) is 1. The van der Waals surface area contributed by atoms with Gasteiger partial charge >= 0.3 is 0 Å². The molecule has 0 aliphatic heterocycles. The summed E-state index contributed by atoms with van der Waals surface area (Å²) in [6.45, 7) is 6.18. The SMILES string of the molecule is CCn1cc(CNCc2ccc(OC[C@@H](O)CN(C)Cc3ccccc3)cc2)cn1. The van der Waals surface area contributed by atoms with Crippen LogP contribution in [0.2, 0.25) is 0 Å². The molecule has 0 aliphatic carbocycles. The Balaban J connectivity index is 1.35. The molecule has 0 fully saturated rings. The molecule has 6 heteroatoms. The van der Waals surface area contributed by atoms with E-state index in [4.69, 9.17) is 4.74 Å². The van der Waals surface area contributed by atoms with E-state index in [2.05, 4.69) is 40.6 Å². The lowest BCUT2D eigenvalue weighted by Gasteiger charge is -2.21. The van der Waals surface area contributed by atoms with Crippen LogP contribution in [-0.4, -0.2) is 46.1 Å². The third-order valence-electron chi connectivity index (χ3n) is 4.85. The Labute approximate surface area is 179 Å². The first-order chi connectivity index (χ1) is 14.6. The highest BCUT2D eigenvalue weighted by Gasteiger charge is 2.10. The van der Waals surface area contributed by atoms with Gasteiger partial charge in [0.2, 0.25) is 0 Å². The predicted molar refractivity (Wildman–Crippen MR) is 119 cm³/mol. The van der Waals surface area contributed by atoms with E-state index in [1.54, 1.807) is 0 Å². The summed E-state index contributed by atoms with van der Waals surface area (Å²) in [6.07, 6.45) is 3.42. The number of ether oxygens (including phenoxy) is 1. The van der Waals surface area contributed by atoms with Gasteiger partial charge in [-0.05, 0) is 37.2 Å². The molecule has 2 N–H and O–H groups in total. The second-order valence-electron chi connectivity index (χ2n) is 7.60. The maximum absolute atomic E-state index is 10.3.